The largest absolute Gasteiger partial charge is 0.499 e. The molecule has 1 aromatic heterocycles. The summed E-state index contributed by atoms with van der Waals surface area (Å²) in [5.41, 5.74) is 3.09. The van der Waals surface area contributed by atoms with E-state index in [2.05, 4.69) is 10.2 Å². The minimum atomic E-state index is -0.115. The third kappa shape index (κ3) is 1.64. The minimum Gasteiger partial charge on any atom is -0.499 e. The van der Waals surface area contributed by atoms with Crippen molar-refractivity contribution in [2.75, 3.05) is 0 Å². The number of aliphatic hydroxyl groups excluding tert-OH is 1. The summed E-state index contributed by atoms with van der Waals surface area (Å²) >= 11 is 6.15. The van der Waals surface area contributed by atoms with Crippen molar-refractivity contribution in [2.45, 2.75) is 0 Å². The fourth-order valence-electron chi connectivity index (χ4n) is 1.15. The molecule has 1 heterocycles. The lowest BCUT2D eigenvalue weighted by molar-refractivity contribution is 0.571. The highest BCUT2D eigenvalue weighted by molar-refractivity contribution is 7.80. The van der Waals surface area contributed by atoms with Gasteiger partial charge in [0.25, 0.3) is 0 Å². The Hall–Kier alpha value is -1.33. The van der Waals surface area contributed by atoms with E-state index >= 15 is 0 Å². The zero-order valence-electron chi connectivity index (χ0n) is 7.04. The fraction of sp³-hybridized carbons (Fsp3) is 0. The van der Waals surface area contributed by atoms with E-state index in [1.807, 2.05) is 18.2 Å². The molecule has 0 atom stereocenters. The summed E-state index contributed by atoms with van der Waals surface area (Å²) in [6.45, 7) is 0. The first kappa shape index (κ1) is 9.23. The number of rotatable bonds is 2. The molecule has 0 spiro atoms. The average molecular weight is 222 g/mol. The van der Waals surface area contributed by atoms with Crippen molar-refractivity contribution < 1.29 is 5.11 Å². The van der Waals surface area contributed by atoms with Gasteiger partial charge in [0.2, 0.25) is 0 Å². The van der Waals surface area contributed by atoms with Gasteiger partial charge in [-0.3, -0.25) is 0 Å². The number of benzene rings is 1. The van der Waals surface area contributed by atoms with Crippen LogP contribution in [0.15, 0.2) is 29.8 Å². The summed E-state index contributed by atoms with van der Waals surface area (Å²) in [6, 6.07) is 7.32. The first-order chi connectivity index (χ1) is 6.79. The van der Waals surface area contributed by atoms with Gasteiger partial charge in [-0.1, -0.05) is 29.5 Å². The number of nitrogens with zero attached hydrogens (tertiary/aromatic N) is 2. The predicted molar refractivity (Wildman–Crippen MR) is 59.7 cm³/mol. The molecule has 0 saturated carbocycles. The summed E-state index contributed by atoms with van der Waals surface area (Å²) in [7, 11) is 0. The molecule has 0 unspecified atom stereocenters. The van der Waals surface area contributed by atoms with E-state index in [1.54, 1.807) is 11.6 Å². The summed E-state index contributed by atoms with van der Waals surface area (Å²) in [6.07, 6.45) is 0. The second-order valence-corrected chi connectivity index (χ2v) is 3.81. The normalized spacial score (nSPS) is 10.0. The monoisotopic (exact) mass is 222 g/mol. The van der Waals surface area contributed by atoms with Crippen LogP contribution in [0.5, 0.6) is 0 Å². The number of hydrogen-bond acceptors (Lipinski definition) is 4. The van der Waals surface area contributed by atoms with Crippen LogP contribution in [0.2, 0.25) is 0 Å². The number of hydrogen-bond donors (Lipinski definition) is 1. The highest BCUT2D eigenvalue weighted by atomic mass is 32.1. The Morgan fingerprint density at radius 3 is 2.79 bits per heavy atom. The molecule has 5 heteroatoms. The van der Waals surface area contributed by atoms with Crippen LogP contribution in [-0.4, -0.2) is 20.4 Å². The van der Waals surface area contributed by atoms with E-state index in [1.165, 1.54) is 11.3 Å². The summed E-state index contributed by atoms with van der Waals surface area (Å²) < 4.78 is 0. The minimum absolute atomic E-state index is 0.115. The molecule has 14 heavy (non-hydrogen) atoms. The van der Waals surface area contributed by atoms with Gasteiger partial charge in [0, 0.05) is 11.1 Å². The molecule has 0 saturated heterocycles. The van der Waals surface area contributed by atoms with Crippen LogP contribution in [0.3, 0.4) is 0 Å². The Bertz CT molecular complexity index is 454. The molecule has 0 fully saturated rings. The van der Waals surface area contributed by atoms with Gasteiger partial charge in [-0.05, 0) is 18.3 Å². The SMILES string of the molecule is OC(=S)c1ccccc1-c1nncs1. The topological polar surface area (TPSA) is 46.0 Å². The Balaban J connectivity index is 2.58. The maximum atomic E-state index is 9.29. The molecule has 70 valence electrons. The van der Waals surface area contributed by atoms with Gasteiger partial charge < -0.3 is 5.11 Å². The van der Waals surface area contributed by atoms with Gasteiger partial charge in [-0.2, -0.15) is 0 Å². The number of thiocarbonyl (C=S) groups is 1. The molecule has 0 aliphatic rings. The van der Waals surface area contributed by atoms with Gasteiger partial charge in [0.1, 0.15) is 10.5 Å². The van der Waals surface area contributed by atoms with Crippen LogP contribution in [0, 0.1) is 0 Å². The van der Waals surface area contributed by atoms with Crippen molar-refractivity contribution in [3.05, 3.63) is 35.3 Å². The van der Waals surface area contributed by atoms with Crippen LogP contribution in [0.25, 0.3) is 10.6 Å². The highest BCUT2D eigenvalue weighted by Crippen LogP contribution is 2.24. The number of aliphatic hydroxyl groups is 1. The van der Waals surface area contributed by atoms with Crippen molar-refractivity contribution >= 4 is 28.6 Å². The number of aromatic nitrogens is 2. The van der Waals surface area contributed by atoms with Gasteiger partial charge >= 0.3 is 0 Å². The van der Waals surface area contributed by atoms with E-state index in [9.17, 15) is 5.11 Å². The van der Waals surface area contributed by atoms with Crippen molar-refractivity contribution in [2.24, 2.45) is 0 Å². The predicted octanol–water partition coefficient (Wildman–Crippen LogP) is 2.44. The van der Waals surface area contributed by atoms with Crippen LogP contribution in [-0.2, 0) is 0 Å². The second-order valence-electron chi connectivity index (χ2n) is 2.59. The molecule has 0 amide bonds. The van der Waals surface area contributed by atoms with Gasteiger partial charge in [-0.25, -0.2) is 0 Å². The Morgan fingerprint density at radius 1 is 1.36 bits per heavy atom. The quantitative estimate of drug-likeness (QED) is 0.793. The van der Waals surface area contributed by atoms with E-state index in [-0.39, 0.29) is 5.05 Å². The lowest BCUT2D eigenvalue weighted by atomic mass is 10.1. The van der Waals surface area contributed by atoms with Crippen molar-refractivity contribution in [3.63, 3.8) is 0 Å². The van der Waals surface area contributed by atoms with Gasteiger partial charge in [0.15, 0.2) is 5.05 Å². The molecule has 0 aliphatic carbocycles. The molecule has 1 aromatic carbocycles. The lowest BCUT2D eigenvalue weighted by Gasteiger charge is -2.02. The third-order valence-electron chi connectivity index (χ3n) is 1.75. The molecular formula is C9H6N2OS2. The van der Waals surface area contributed by atoms with Gasteiger partial charge in [0.05, 0.1) is 0 Å². The van der Waals surface area contributed by atoms with E-state index in [0.717, 1.165) is 10.6 Å². The summed E-state index contributed by atoms with van der Waals surface area (Å²) in [4.78, 5) is 0. The first-order valence-corrected chi connectivity index (χ1v) is 5.16. The molecule has 3 nitrogen and oxygen atoms in total. The lowest BCUT2D eigenvalue weighted by Crippen LogP contribution is -1.97. The Labute approximate surface area is 90.1 Å². The van der Waals surface area contributed by atoms with Crippen molar-refractivity contribution in [1.82, 2.24) is 10.2 Å². The molecule has 0 radical (unpaired) electrons. The van der Waals surface area contributed by atoms with E-state index < -0.39 is 0 Å². The van der Waals surface area contributed by atoms with E-state index in [0.29, 0.717) is 5.56 Å². The average Bonchev–Trinajstić information content (AvgIpc) is 2.70. The maximum Gasteiger partial charge on any atom is 0.189 e. The highest BCUT2D eigenvalue weighted by Gasteiger charge is 2.09. The standard InChI is InChI=1S/C9H6N2OS2/c12-9(13)7-4-2-1-3-6(7)8-11-10-5-14-8/h1-5H,(H,12,13). The molecule has 0 aliphatic heterocycles. The fourth-order valence-corrected chi connectivity index (χ4v) is 1.92. The molecule has 1 N–H and O–H groups in total. The Kier molecular flexibility index (Phi) is 2.51. The zero-order valence-corrected chi connectivity index (χ0v) is 8.68. The van der Waals surface area contributed by atoms with Crippen LogP contribution < -0.4 is 0 Å². The maximum absolute atomic E-state index is 9.29. The second kappa shape index (κ2) is 3.81. The molecular weight excluding hydrogens is 216 g/mol. The van der Waals surface area contributed by atoms with Crippen molar-refractivity contribution in [1.29, 1.82) is 0 Å². The summed E-state index contributed by atoms with van der Waals surface area (Å²) in [5, 5.41) is 17.6. The van der Waals surface area contributed by atoms with Crippen molar-refractivity contribution in [3.8, 4) is 10.6 Å². The van der Waals surface area contributed by atoms with Gasteiger partial charge in [-0.15, -0.1) is 10.2 Å². The smallest absolute Gasteiger partial charge is 0.189 e. The molecule has 2 aromatic rings. The molecule has 0 bridgehead atoms. The Morgan fingerprint density at radius 2 is 2.14 bits per heavy atom. The summed E-state index contributed by atoms with van der Waals surface area (Å²) in [5.74, 6) is 0. The van der Waals surface area contributed by atoms with Crippen LogP contribution in [0.1, 0.15) is 5.56 Å². The third-order valence-corrected chi connectivity index (χ3v) is 2.69. The first-order valence-electron chi connectivity index (χ1n) is 3.88. The van der Waals surface area contributed by atoms with E-state index in [4.69, 9.17) is 12.2 Å². The zero-order chi connectivity index (χ0) is 9.97. The molecule has 2 rings (SSSR count). The van der Waals surface area contributed by atoms with Crippen LogP contribution >= 0.6 is 23.6 Å². The van der Waals surface area contributed by atoms with Crippen LogP contribution in [0.4, 0.5) is 0 Å².